The molecule has 0 spiro atoms. The van der Waals surface area contributed by atoms with Gasteiger partial charge >= 0.3 is 0 Å². The molecule has 33 heavy (non-hydrogen) atoms. The third-order valence-electron chi connectivity index (χ3n) is 5.71. The fourth-order valence-corrected chi connectivity index (χ4v) is 5.41. The Balaban J connectivity index is 2.07. The topological polar surface area (TPSA) is 136 Å². The third kappa shape index (κ3) is 5.42. The smallest absolute Gasteiger partial charge is 0.274 e. The first kappa shape index (κ1) is 24.5. The Bertz CT molecular complexity index is 1110. The van der Waals surface area contributed by atoms with E-state index in [2.05, 4.69) is 4.90 Å². The molecule has 0 radical (unpaired) electrons. The van der Waals surface area contributed by atoms with Crippen molar-refractivity contribution < 1.29 is 22.9 Å². The van der Waals surface area contributed by atoms with E-state index in [0.717, 1.165) is 23.1 Å². The number of nitro benzene ring substituents is 1. The molecule has 0 aliphatic carbocycles. The molecular formula is C22H28N4O6S. The second-order valence-corrected chi connectivity index (χ2v) is 10.1. The third-order valence-corrected chi connectivity index (χ3v) is 7.88. The van der Waals surface area contributed by atoms with Crippen LogP contribution < -0.4 is 14.9 Å². The van der Waals surface area contributed by atoms with Crippen molar-refractivity contribution in [3.05, 3.63) is 58.1 Å². The molecule has 1 amide bonds. The van der Waals surface area contributed by atoms with Crippen molar-refractivity contribution in [1.29, 1.82) is 0 Å². The van der Waals surface area contributed by atoms with Gasteiger partial charge in [0, 0.05) is 31.3 Å². The van der Waals surface area contributed by atoms with Crippen molar-refractivity contribution in [3.63, 3.8) is 0 Å². The summed E-state index contributed by atoms with van der Waals surface area (Å²) in [7, 11) is -4.04. The minimum atomic E-state index is -4.04. The lowest BCUT2D eigenvalue weighted by atomic mass is 10.1. The predicted octanol–water partition coefficient (Wildman–Crippen LogP) is 2.86. The molecule has 0 unspecified atom stereocenters. The number of amides is 1. The van der Waals surface area contributed by atoms with Gasteiger partial charge in [0.25, 0.3) is 5.69 Å². The number of nitro groups is 1. The highest BCUT2D eigenvalue weighted by atomic mass is 32.2. The predicted molar refractivity (Wildman–Crippen MR) is 126 cm³/mol. The summed E-state index contributed by atoms with van der Waals surface area (Å²) in [6.07, 6.45) is -0.0495. The molecule has 0 aromatic heterocycles. The normalized spacial score (nSPS) is 15.2. The molecule has 2 aromatic rings. The standard InChI is InChI=1S/C22H28N4O6S/c1-16(6-11-22(23)27)33(30,31)25(20-4-3-5-21(17(20)2)26(28)29)19-9-7-18(8-10-19)24-12-14-32-15-13-24/h3-5,7-10,16H,6,11-15H2,1-2H3,(H2,23,27)/t16-/m0/s1. The van der Waals surface area contributed by atoms with E-state index in [1.807, 2.05) is 12.1 Å². The van der Waals surface area contributed by atoms with Crippen molar-refractivity contribution in [2.45, 2.75) is 31.9 Å². The molecule has 1 aliphatic heterocycles. The quantitative estimate of drug-likeness (QED) is 0.434. The Morgan fingerprint density at radius 3 is 2.42 bits per heavy atom. The minimum Gasteiger partial charge on any atom is -0.378 e. The van der Waals surface area contributed by atoms with E-state index >= 15 is 0 Å². The van der Waals surface area contributed by atoms with Crippen molar-refractivity contribution >= 4 is 38.7 Å². The molecule has 1 fully saturated rings. The molecule has 0 bridgehead atoms. The maximum Gasteiger partial charge on any atom is 0.274 e. The average molecular weight is 477 g/mol. The number of hydrogen-bond donors (Lipinski definition) is 1. The van der Waals surface area contributed by atoms with Crippen LogP contribution in [-0.4, -0.2) is 50.8 Å². The van der Waals surface area contributed by atoms with Gasteiger partial charge in [0.05, 0.1) is 40.3 Å². The van der Waals surface area contributed by atoms with Crippen LogP contribution in [0.1, 0.15) is 25.3 Å². The maximum absolute atomic E-state index is 13.6. The largest absolute Gasteiger partial charge is 0.378 e. The van der Waals surface area contributed by atoms with Gasteiger partial charge in [-0.05, 0) is 50.6 Å². The van der Waals surface area contributed by atoms with Crippen LogP contribution in [0.4, 0.5) is 22.7 Å². The van der Waals surface area contributed by atoms with Gasteiger partial charge in [-0.15, -0.1) is 0 Å². The van der Waals surface area contributed by atoms with Crippen LogP contribution in [0.2, 0.25) is 0 Å². The van der Waals surface area contributed by atoms with Crippen LogP contribution in [0.15, 0.2) is 42.5 Å². The summed E-state index contributed by atoms with van der Waals surface area (Å²) in [6, 6.07) is 11.3. The Morgan fingerprint density at radius 2 is 1.85 bits per heavy atom. The fourth-order valence-electron chi connectivity index (χ4n) is 3.75. The fraction of sp³-hybridized carbons (Fsp3) is 0.409. The lowest BCUT2D eigenvalue weighted by Gasteiger charge is -2.31. The van der Waals surface area contributed by atoms with E-state index in [9.17, 15) is 23.3 Å². The molecule has 1 aliphatic rings. The Kier molecular flexibility index (Phi) is 7.54. The number of primary amides is 1. The zero-order valence-electron chi connectivity index (χ0n) is 18.6. The van der Waals surface area contributed by atoms with E-state index in [1.165, 1.54) is 32.0 Å². The lowest BCUT2D eigenvalue weighted by molar-refractivity contribution is -0.385. The lowest BCUT2D eigenvalue weighted by Crippen LogP contribution is -2.36. The number of rotatable bonds is 9. The molecule has 1 saturated heterocycles. The van der Waals surface area contributed by atoms with Crippen molar-refractivity contribution in [3.8, 4) is 0 Å². The summed E-state index contributed by atoms with van der Waals surface area (Å²) in [5, 5.41) is 10.5. The number of benzene rings is 2. The first-order chi connectivity index (χ1) is 15.6. The second-order valence-electron chi connectivity index (χ2n) is 7.92. The Morgan fingerprint density at radius 1 is 1.21 bits per heavy atom. The highest BCUT2D eigenvalue weighted by Crippen LogP contribution is 2.38. The number of nitrogens with two attached hydrogens (primary N) is 1. The monoisotopic (exact) mass is 476 g/mol. The van der Waals surface area contributed by atoms with Gasteiger partial charge in [-0.1, -0.05) is 6.07 Å². The Labute approximate surface area is 193 Å². The van der Waals surface area contributed by atoms with E-state index in [4.69, 9.17) is 10.5 Å². The molecule has 11 heteroatoms. The Hall–Kier alpha value is -3.18. The van der Waals surface area contributed by atoms with E-state index in [1.54, 1.807) is 12.1 Å². The van der Waals surface area contributed by atoms with E-state index in [0.29, 0.717) is 18.9 Å². The number of nitrogens with zero attached hydrogens (tertiary/aromatic N) is 3. The van der Waals surface area contributed by atoms with Gasteiger partial charge in [-0.25, -0.2) is 12.7 Å². The number of sulfonamides is 1. The zero-order chi connectivity index (χ0) is 24.2. The zero-order valence-corrected chi connectivity index (χ0v) is 19.5. The summed E-state index contributed by atoms with van der Waals surface area (Å²) >= 11 is 0. The van der Waals surface area contributed by atoms with Gasteiger partial charge < -0.3 is 15.4 Å². The molecule has 10 nitrogen and oxygen atoms in total. The van der Waals surface area contributed by atoms with Gasteiger partial charge in [-0.3, -0.25) is 14.9 Å². The number of ether oxygens (including phenoxy) is 1. The van der Waals surface area contributed by atoms with Crippen molar-refractivity contribution in [2.75, 3.05) is 35.5 Å². The number of morpholine rings is 1. The average Bonchev–Trinajstić information content (AvgIpc) is 2.79. The molecule has 1 heterocycles. The number of carbonyl (C=O) groups excluding carboxylic acids is 1. The number of hydrogen-bond acceptors (Lipinski definition) is 7. The highest BCUT2D eigenvalue weighted by Gasteiger charge is 2.33. The summed E-state index contributed by atoms with van der Waals surface area (Å²) in [5.74, 6) is -0.593. The number of anilines is 3. The summed E-state index contributed by atoms with van der Waals surface area (Å²) in [6.45, 7) is 5.72. The molecule has 178 valence electrons. The van der Waals surface area contributed by atoms with E-state index < -0.39 is 26.1 Å². The van der Waals surface area contributed by atoms with Crippen LogP contribution in [0.25, 0.3) is 0 Å². The molecule has 2 N–H and O–H groups in total. The van der Waals surface area contributed by atoms with Crippen molar-refractivity contribution in [1.82, 2.24) is 0 Å². The van der Waals surface area contributed by atoms with Crippen LogP contribution in [0.5, 0.6) is 0 Å². The summed E-state index contributed by atoms with van der Waals surface area (Å²) in [4.78, 5) is 24.3. The summed E-state index contributed by atoms with van der Waals surface area (Å²) < 4.78 is 33.8. The molecular weight excluding hydrogens is 448 g/mol. The summed E-state index contributed by atoms with van der Waals surface area (Å²) in [5.41, 5.74) is 6.73. The minimum absolute atomic E-state index is 0.0357. The van der Waals surface area contributed by atoms with E-state index in [-0.39, 0.29) is 29.8 Å². The molecule has 3 rings (SSSR count). The SMILES string of the molecule is Cc1c(N(c2ccc(N3CCOCC3)cc2)S(=O)(=O)[C@@H](C)CCC(N)=O)cccc1[N+](=O)[O-]. The highest BCUT2D eigenvalue weighted by molar-refractivity contribution is 7.93. The van der Waals surface area contributed by atoms with Crippen molar-refractivity contribution in [2.24, 2.45) is 5.73 Å². The van der Waals surface area contributed by atoms with Gasteiger partial charge in [0.2, 0.25) is 15.9 Å². The second kappa shape index (κ2) is 10.2. The van der Waals surface area contributed by atoms with Crippen LogP contribution in [0, 0.1) is 17.0 Å². The first-order valence-corrected chi connectivity index (χ1v) is 12.1. The van der Waals surface area contributed by atoms with Gasteiger partial charge in [-0.2, -0.15) is 0 Å². The van der Waals surface area contributed by atoms with Gasteiger partial charge in [0.15, 0.2) is 0 Å². The van der Waals surface area contributed by atoms with Crippen LogP contribution in [-0.2, 0) is 19.6 Å². The molecule has 0 saturated carbocycles. The number of carbonyl (C=O) groups is 1. The van der Waals surface area contributed by atoms with Gasteiger partial charge in [0.1, 0.15) is 0 Å². The van der Waals surface area contributed by atoms with Crippen LogP contribution in [0.3, 0.4) is 0 Å². The maximum atomic E-state index is 13.6. The molecule has 2 aromatic carbocycles. The first-order valence-electron chi connectivity index (χ1n) is 10.6. The van der Waals surface area contributed by atoms with Crippen LogP contribution >= 0.6 is 0 Å². The molecule has 1 atom stereocenters.